The van der Waals surface area contributed by atoms with Gasteiger partial charge >= 0.3 is 0 Å². The van der Waals surface area contributed by atoms with Gasteiger partial charge in [-0.1, -0.05) is 36.4 Å². The Labute approximate surface area is 154 Å². The Bertz CT molecular complexity index is 876. The maximum absolute atomic E-state index is 12.6. The summed E-state index contributed by atoms with van der Waals surface area (Å²) in [4.78, 5) is 12.6. The minimum Gasteiger partial charge on any atom is -0.345 e. The fourth-order valence-electron chi connectivity index (χ4n) is 3.35. The molecule has 0 unspecified atom stereocenters. The van der Waals surface area contributed by atoms with Crippen molar-refractivity contribution < 1.29 is 13.2 Å². The van der Waals surface area contributed by atoms with E-state index in [2.05, 4.69) is 22.2 Å². The highest BCUT2D eigenvalue weighted by atomic mass is 32.2. The molecule has 26 heavy (non-hydrogen) atoms. The second-order valence-corrected chi connectivity index (χ2v) is 8.56. The molecule has 3 rings (SSSR count). The molecule has 0 aliphatic heterocycles. The van der Waals surface area contributed by atoms with E-state index >= 15 is 0 Å². The third kappa shape index (κ3) is 4.93. The number of amides is 1. The van der Waals surface area contributed by atoms with Crippen molar-refractivity contribution in [1.82, 2.24) is 10.0 Å². The van der Waals surface area contributed by atoms with Crippen LogP contribution in [-0.2, 0) is 22.9 Å². The van der Waals surface area contributed by atoms with Gasteiger partial charge in [0.05, 0.1) is 12.3 Å². The van der Waals surface area contributed by atoms with Crippen molar-refractivity contribution in [3.05, 3.63) is 70.8 Å². The first kappa shape index (κ1) is 18.6. The number of carbonyl (C=O) groups excluding carboxylic acids is 1. The van der Waals surface area contributed by atoms with Crippen molar-refractivity contribution in [2.45, 2.75) is 31.7 Å². The number of carbonyl (C=O) groups is 1. The van der Waals surface area contributed by atoms with Gasteiger partial charge in [0.2, 0.25) is 10.0 Å². The minimum absolute atomic E-state index is 0.0612. The van der Waals surface area contributed by atoms with Crippen LogP contribution < -0.4 is 10.0 Å². The van der Waals surface area contributed by atoms with E-state index in [0.29, 0.717) is 18.5 Å². The van der Waals surface area contributed by atoms with E-state index in [-0.39, 0.29) is 11.9 Å². The molecule has 0 saturated carbocycles. The zero-order valence-electron chi connectivity index (χ0n) is 14.9. The van der Waals surface area contributed by atoms with E-state index in [1.165, 1.54) is 11.1 Å². The molecule has 2 aromatic rings. The van der Waals surface area contributed by atoms with Crippen LogP contribution in [0.25, 0.3) is 0 Å². The van der Waals surface area contributed by atoms with Gasteiger partial charge in [0.25, 0.3) is 5.91 Å². The van der Waals surface area contributed by atoms with Crippen LogP contribution in [0.15, 0.2) is 48.5 Å². The summed E-state index contributed by atoms with van der Waals surface area (Å²) in [7, 11) is -3.17. The molecule has 1 aliphatic rings. The lowest BCUT2D eigenvalue weighted by Gasteiger charge is -2.26. The Balaban J connectivity index is 1.61. The number of fused-ring (bicyclic) bond motifs is 1. The molecule has 2 aromatic carbocycles. The van der Waals surface area contributed by atoms with Crippen molar-refractivity contribution in [1.29, 1.82) is 0 Å². The summed E-state index contributed by atoms with van der Waals surface area (Å²) in [5, 5.41) is 3.14. The average Bonchev–Trinajstić information content (AvgIpc) is 2.61. The van der Waals surface area contributed by atoms with Crippen molar-refractivity contribution >= 4 is 15.9 Å². The predicted molar refractivity (Wildman–Crippen MR) is 103 cm³/mol. The summed E-state index contributed by atoms with van der Waals surface area (Å²) in [5.41, 5.74) is 4.14. The van der Waals surface area contributed by atoms with Crippen LogP contribution in [0.1, 0.15) is 45.9 Å². The second kappa shape index (κ2) is 8.01. The molecule has 0 heterocycles. The van der Waals surface area contributed by atoms with E-state index < -0.39 is 10.0 Å². The van der Waals surface area contributed by atoms with Gasteiger partial charge in [0.15, 0.2) is 0 Å². The Kier molecular flexibility index (Phi) is 5.74. The normalized spacial score (nSPS) is 16.7. The molecular weight excluding hydrogens is 348 g/mol. The molecule has 0 radical (unpaired) electrons. The fourth-order valence-corrected chi connectivity index (χ4v) is 3.82. The molecule has 1 amide bonds. The topological polar surface area (TPSA) is 75.3 Å². The summed E-state index contributed by atoms with van der Waals surface area (Å²) < 4.78 is 24.6. The van der Waals surface area contributed by atoms with Crippen LogP contribution in [0.5, 0.6) is 0 Å². The van der Waals surface area contributed by atoms with Gasteiger partial charge in [0.1, 0.15) is 0 Å². The lowest BCUT2D eigenvalue weighted by molar-refractivity contribution is 0.0932. The van der Waals surface area contributed by atoms with Gasteiger partial charge in [-0.15, -0.1) is 0 Å². The quantitative estimate of drug-likeness (QED) is 0.818. The van der Waals surface area contributed by atoms with Gasteiger partial charge < -0.3 is 5.32 Å². The highest BCUT2D eigenvalue weighted by Crippen LogP contribution is 2.29. The van der Waals surface area contributed by atoms with Gasteiger partial charge in [-0.2, -0.15) is 0 Å². The summed E-state index contributed by atoms with van der Waals surface area (Å²) >= 11 is 0. The number of hydrogen-bond acceptors (Lipinski definition) is 3. The smallest absolute Gasteiger partial charge is 0.251 e. The minimum atomic E-state index is -3.17. The molecule has 5 nitrogen and oxygen atoms in total. The van der Waals surface area contributed by atoms with E-state index in [0.717, 1.165) is 31.1 Å². The number of aryl methyl sites for hydroxylation is 1. The molecule has 0 saturated heterocycles. The Morgan fingerprint density at radius 3 is 2.58 bits per heavy atom. The van der Waals surface area contributed by atoms with Gasteiger partial charge in [-0.3, -0.25) is 4.79 Å². The van der Waals surface area contributed by atoms with E-state index in [1.807, 2.05) is 24.3 Å². The first-order valence-electron chi connectivity index (χ1n) is 8.84. The molecule has 6 heteroatoms. The van der Waals surface area contributed by atoms with Crippen molar-refractivity contribution in [2.24, 2.45) is 0 Å². The van der Waals surface area contributed by atoms with Crippen LogP contribution in [0.4, 0.5) is 0 Å². The lowest BCUT2D eigenvalue weighted by Crippen LogP contribution is -2.31. The maximum atomic E-state index is 12.6. The van der Waals surface area contributed by atoms with Crippen molar-refractivity contribution in [3.8, 4) is 0 Å². The number of benzene rings is 2. The summed E-state index contributed by atoms with van der Waals surface area (Å²) in [6.45, 7) is 0.350. The molecule has 0 fully saturated rings. The molecule has 0 aromatic heterocycles. The van der Waals surface area contributed by atoms with Gasteiger partial charge in [-0.25, -0.2) is 13.1 Å². The number of rotatable bonds is 6. The SMILES string of the molecule is CS(=O)(=O)NCCc1ccc(C(=O)N[C@H]2CCCc3ccccc32)cc1. The molecule has 0 bridgehead atoms. The van der Waals surface area contributed by atoms with Gasteiger partial charge in [-0.05, 0) is 54.5 Å². The predicted octanol–water partition coefficient (Wildman–Crippen LogP) is 2.59. The van der Waals surface area contributed by atoms with Crippen LogP contribution in [-0.4, -0.2) is 27.1 Å². The van der Waals surface area contributed by atoms with Crippen LogP contribution in [0.2, 0.25) is 0 Å². The standard InChI is InChI=1S/C20H24N2O3S/c1-26(24,25)21-14-13-15-9-11-17(12-10-15)20(23)22-19-8-4-6-16-5-2-3-7-18(16)19/h2-3,5,7,9-12,19,21H,4,6,8,13-14H2,1H3,(H,22,23)/t19-/m0/s1. The molecule has 1 aliphatic carbocycles. The van der Waals surface area contributed by atoms with E-state index in [1.54, 1.807) is 12.1 Å². The summed E-state index contributed by atoms with van der Waals surface area (Å²) in [6, 6.07) is 15.7. The number of nitrogens with one attached hydrogen (secondary N) is 2. The fraction of sp³-hybridized carbons (Fsp3) is 0.350. The van der Waals surface area contributed by atoms with Crippen LogP contribution >= 0.6 is 0 Å². The van der Waals surface area contributed by atoms with E-state index in [4.69, 9.17) is 0 Å². The monoisotopic (exact) mass is 372 g/mol. The molecular formula is C20H24N2O3S. The van der Waals surface area contributed by atoms with Crippen LogP contribution in [0, 0.1) is 0 Å². The van der Waals surface area contributed by atoms with Gasteiger partial charge in [0, 0.05) is 12.1 Å². The second-order valence-electron chi connectivity index (χ2n) is 6.73. The number of hydrogen-bond donors (Lipinski definition) is 2. The first-order chi connectivity index (χ1) is 12.4. The molecule has 1 atom stereocenters. The Morgan fingerprint density at radius 2 is 1.85 bits per heavy atom. The third-order valence-corrected chi connectivity index (χ3v) is 5.40. The Hall–Kier alpha value is -2.18. The lowest BCUT2D eigenvalue weighted by atomic mass is 9.87. The maximum Gasteiger partial charge on any atom is 0.251 e. The average molecular weight is 372 g/mol. The van der Waals surface area contributed by atoms with Crippen molar-refractivity contribution in [2.75, 3.05) is 12.8 Å². The Morgan fingerprint density at radius 1 is 1.12 bits per heavy atom. The zero-order valence-corrected chi connectivity index (χ0v) is 15.7. The highest BCUT2D eigenvalue weighted by molar-refractivity contribution is 7.88. The first-order valence-corrected chi connectivity index (χ1v) is 10.7. The van der Waals surface area contributed by atoms with E-state index in [9.17, 15) is 13.2 Å². The van der Waals surface area contributed by atoms with Crippen LogP contribution in [0.3, 0.4) is 0 Å². The molecule has 2 N–H and O–H groups in total. The van der Waals surface area contributed by atoms with Crippen molar-refractivity contribution in [3.63, 3.8) is 0 Å². The summed E-state index contributed by atoms with van der Waals surface area (Å²) in [6.07, 6.45) is 4.83. The third-order valence-electron chi connectivity index (χ3n) is 4.67. The number of sulfonamides is 1. The zero-order chi connectivity index (χ0) is 18.6. The highest BCUT2D eigenvalue weighted by Gasteiger charge is 2.21. The largest absolute Gasteiger partial charge is 0.345 e. The summed E-state index contributed by atoms with van der Waals surface area (Å²) in [5.74, 6) is -0.0764. The molecule has 0 spiro atoms. The molecule has 138 valence electrons.